The fraction of sp³-hybridized carbons (Fsp3) is 0.917. The third kappa shape index (κ3) is 10.9. The van der Waals surface area contributed by atoms with Crippen molar-refractivity contribution < 1.29 is 9.63 Å². The molecular weight excluding hydrogens is 334 g/mol. The maximum absolute atomic E-state index is 12.4. The maximum atomic E-state index is 12.4. The van der Waals surface area contributed by atoms with Gasteiger partial charge in [0.2, 0.25) is 0 Å². The van der Waals surface area contributed by atoms with E-state index >= 15 is 0 Å². The Morgan fingerprint density at radius 2 is 1.52 bits per heavy atom. The van der Waals surface area contributed by atoms with Crippen LogP contribution >= 0.6 is 0 Å². The minimum Gasteiger partial charge on any atom is -0.396 e. The predicted octanol–water partition coefficient (Wildman–Crippen LogP) is 7.72. The van der Waals surface area contributed by atoms with E-state index in [0.717, 1.165) is 50.7 Å². The summed E-state index contributed by atoms with van der Waals surface area (Å²) in [6.45, 7) is 16.1. The molecule has 0 aromatic heterocycles. The first-order chi connectivity index (χ1) is 12.8. The molecule has 0 aliphatic heterocycles. The molecule has 3 nitrogen and oxygen atoms in total. The Kier molecular flexibility index (Phi) is 13.7. The topological polar surface area (TPSA) is 38.7 Å². The van der Waals surface area contributed by atoms with E-state index in [-0.39, 0.29) is 5.41 Å². The molecule has 0 aliphatic rings. The van der Waals surface area contributed by atoms with E-state index in [4.69, 9.17) is 4.84 Å². The van der Waals surface area contributed by atoms with Gasteiger partial charge < -0.3 is 4.84 Å². The largest absolute Gasteiger partial charge is 0.396 e. The van der Waals surface area contributed by atoms with Crippen molar-refractivity contribution in [3.8, 4) is 0 Å². The summed E-state index contributed by atoms with van der Waals surface area (Å²) < 4.78 is 0. The van der Waals surface area contributed by atoms with Crippen LogP contribution in [0, 0.1) is 10.8 Å². The Hall–Kier alpha value is -0.860. The van der Waals surface area contributed by atoms with Gasteiger partial charge in [0.25, 0.3) is 0 Å². The van der Waals surface area contributed by atoms with E-state index in [1.807, 2.05) is 0 Å². The van der Waals surface area contributed by atoms with Crippen molar-refractivity contribution in [2.45, 2.75) is 126 Å². The average Bonchev–Trinajstić information content (AvgIpc) is 2.65. The van der Waals surface area contributed by atoms with Gasteiger partial charge in [-0.05, 0) is 63.7 Å². The van der Waals surface area contributed by atoms with Gasteiger partial charge in [0.1, 0.15) is 12.4 Å². The normalized spacial score (nSPS) is 16.6. The summed E-state index contributed by atoms with van der Waals surface area (Å²) >= 11 is 0. The number of nitrogens with zero attached hydrogens (tertiary/aromatic N) is 1. The molecule has 0 saturated carbocycles. The smallest absolute Gasteiger partial charge is 0.138 e. The first kappa shape index (κ1) is 26.1. The van der Waals surface area contributed by atoms with Crippen LogP contribution in [-0.4, -0.2) is 18.1 Å². The molecule has 0 heterocycles. The third-order valence-corrected chi connectivity index (χ3v) is 6.41. The van der Waals surface area contributed by atoms with Crippen molar-refractivity contribution in [3.05, 3.63) is 0 Å². The molecule has 0 aromatic rings. The number of ketones is 1. The lowest BCUT2D eigenvalue weighted by atomic mass is 9.77. The van der Waals surface area contributed by atoms with E-state index in [0.29, 0.717) is 24.2 Å². The summed E-state index contributed by atoms with van der Waals surface area (Å²) in [6.07, 6.45) is 12.7. The first-order valence-corrected chi connectivity index (χ1v) is 11.5. The van der Waals surface area contributed by atoms with Crippen LogP contribution in [0.3, 0.4) is 0 Å². The molecule has 2 atom stereocenters. The summed E-state index contributed by atoms with van der Waals surface area (Å²) in [6, 6.07) is 0. The van der Waals surface area contributed by atoms with Crippen LogP contribution in [0.5, 0.6) is 0 Å². The molecule has 160 valence electrons. The van der Waals surface area contributed by atoms with Crippen LogP contribution in [0.1, 0.15) is 126 Å². The molecule has 0 rings (SSSR count). The van der Waals surface area contributed by atoms with Crippen molar-refractivity contribution in [2.24, 2.45) is 16.0 Å². The highest BCUT2D eigenvalue weighted by molar-refractivity contribution is 5.84. The van der Waals surface area contributed by atoms with E-state index in [9.17, 15) is 4.79 Å². The number of oxime groups is 1. The molecule has 0 aliphatic carbocycles. The lowest BCUT2D eigenvalue weighted by molar-refractivity contribution is -0.128. The van der Waals surface area contributed by atoms with Gasteiger partial charge in [-0.3, -0.25) is 4.79 Å². The highest BCUT2D eigenvalue weighted by Gasteiger charge is 2.28. The number of hydrogen-bond donors (Lipinski definition) is 0. The molecule has 0 radical (unpaired) electrons. The SMILES string of the molecule is CCCC(C)(CC)CC/C(C)=N/OCCCCCC(=O)C(C)(CC)CCC. The molecule has 0 fully saturated rings. The number of unbranched alkanes of at least 4 members (excludes halogenated alkanes) is 2. The zero-order valence-electron chi connectivity index (χ0n) is 19.5. The summed E-state index contributed by atoms with van der Waals surface area (Å²) in [5, 5.41) is 4.28. The van der Waals surface area contributed by atoms with Crippen LogP contribution in [0.25, 0.3) is 0 Å². The van der Waals surface area contributed by atoms with Gasteiger partial charge in [-0.2, -0.15) is 0 Å². The standard InChI is InChI=1S/C24H47NO2/c1-8-17-23(6,10-3)19-16-21(5)25-27-20-14-12-13-15-22(26)24(7,11-4)18-9-2/h8-20H2,1-7H3/b25-21+. The van der Waals surface area contributed by atoms with Crippen molar-refractivity contribution in [3.63, 3.8) is 0 Å². The van der Waals surface area contributed by atoms with Crippen LogP contribution in [-0.2, 0) is 9.63 Å². The van der Waals surface area contributed by atoms with Gasteiger partial charge >= 0.3 is 0 Å². The van der Waals surface area contributed by atoms with E-state index in [2.05, 4.69) is 53.6 Å². The molecule has 27 heavy (non-hydrogen) atoms. The van der Waals surface area contributed by atoms with Crippen molar-refractivity contribution in [1.82, 2.24) is 0 Å². The summed E-state index contributed by atoms with van der Waals surface area (Å²) in [4.78, 5) is 17.9. The molecule has 0 aromatic carbocycles. The van der Waals surface area contributed by atoms with Crippen LogP contribution < -0.4 is 0 Å². The molecule has 3 heteroatoms. The van der Waals surface area contributed by atoms with Crippen LogP contribution in [0.2, 0.25) is 0 Å². The molecule has 0 spiro atoms. The number of carbonyl (C=O) groups is 1. The van der Waals surface area contributed by atoms with E-state index in [1.165, 1.54) is 25.7 Å². The Labute approximate surface area is 169 Å². The fourth-order valence-electron chi connectivity index (χ4n) is 3.76. The lowest BCUT2D eigenvalue weighted by Gasteiger charge is -2.27. The highest BCUT2D eigenvalue weighted by Crippen LogP contribution is 2.33. The van der Waals surface area contributed by atoms with Crippen LogP contribution in [0.15, 0.2) is 5.16 Å². The fourth-order valence-corrected chi connectivity index (χ4v) is 3.76. The molecule has 2 unspecified atom stereocenters. The second-order valence-electron chi connectivity index (χ2n) is 8.97. The Morgan fingerprint density at radius 3 is 2.07 bits per heavy atom. The zero-order valence-corrected chi connectivity index (χ0v) is 19.5. The predicted molar refractivity (Wildman–Crippen MR) is 118 cm³/mol. The molecule has 0 amide bonds. The minimum absolute atomic E-state index is 0.114. The number of carbonyl (C=O) groups excluding carboxylic acids is 1. The second-order valence-corrected chi connectivity index (χ2v) is 8.97. The Morgan fingerprint density at radius 1 is 0.852 bits per heavy atom. The first-order valence-electron chi connectivity index (χ1n) is 11.5. The Bertz CT molecular complexity index is 432. The lowest BCUT2D eigenvalue weighted by Crippen LogP contribution is -2.26. The van der Waals surface area contributed by atoms with Crippen LogP contribution in [0.4, 0.5) is 0 Å². The monoisotopic (exact) mass is 381 g/mol. The molecule has 0 saturated heterocycles. The number of rotatable bonds is 17. The summed E-state index contributed by atoms with van der Waals surface area (Å²) in [5.41, 5.74) is 1.42. The quantitative estimate of drug-likeness (QED) is 0.147. The van der Waals surface area contributed by atoms with Gasteiger partial charge in [0.05, 0.1) is 5.71 Å². The number of hydrogen-bond acceptors (Lipinski definition) is 3. The van der Waals surface area contributed by atoms with E-state index in [1.54, 1.807) is 0 Å². The summed E-state index contributed by atoms with van der Waals surface area (Å²) in [5.74, 6) is 0.438. The maximum Gasteiger partial charge on any atom is 0.138 e. The van der Waals surface area contributed by atoms with Gasteiger partial charge in [-0.1, -0.05) is 66.0 Å². The highest BCUT2D eigenvalue weighted by atomic mass is 16.6. The zero-order chi connectivity index (χ0) is 20.8. The molecule has 0 bridgehead atoms. The van der Waals surface area contributed by atoms with Crippen molar-refractivity contribution in [1.29, 1.82) is 0 Å². The van der Waals surface area contributed by atoms with E-state index < -0.39 is 0 Å². The second kappa shape index (κ2) is 14.2. The van der Waals surface area contributed by atoms with Crippen molar-refractivity contribution >= 4 is 11.5 Å². The van der Waals surface area contributed by atoms with Gasteiger partial charge in [-0.15, -0.1) is 0 Å². The minimum atomic E-state index is -0.114. The summed E-state index contributed by atoms with van der Waals surface area (Å²) in [7, 11) is 0. The Balaban J connectivity index is 3.96. The molecular formula is C24H47NO2. The average molecular weight is 382 g/mol. The van der Waals surface area contributed by atoms with Gasteiger partial charge in [0, 0.05) is 11.8 Å². The van der Waals surface area contributed by atoms with Gasteiger partial charge in [-0.25, -0.2) is 0 Å². The number of Topliss-reactive ketones (excluding diaryl/α,β-unsaturated/α-hetero) is 1. The van der Waals surface area contributed by atoms with Gasteiger partial charge in [0.15, 0.2) is 0 Å². The van der Waals surface area contributed by atoms with Crippen molar-refractivity contribution in [2.75, 3.05) is 6.61 Å². The molecule has 0 N–H and O–H groups in total. The third-order valence-electron chi connectivity index (χ3n) is 6.41.